The molecule has 1 aromatic carbocycles. The van der Waals surface area contributed by atoms with Gasteiger partial charge in [0, 0.05) is 12.1 Å². The highest BCUT2D eigenvalue weighted by Crippen LogP contribution is 2.20. The molecule has 0 saturated carbocycles. The van der Waals surface area contributed by atoms with E-state index < -0.39 is 0 Å². The van der Waals surface area contributed by atoms with Gasteiger partial charge in [-0.25, -0.2) is 0 Å². The monoisotopic (exact) mass is 257 g/mol. The highest BCUT2D eigenvalue weighted by Gasteiger charge is 2.02. The van der Waals surface area contributed by atoms with Crippen LogP contribution in [0.5, 0.6) is 5.75 Å². The summed E-state index contributed by atoms with van der Waals surface area (Å²) in [5, 5.41) is 11.4. The van der Waals surface area contributed by atoms with E-state index in [1.54, 1.807) is 0 Å². The fourth-order valence-electron chi connectivity index (χ4n) is 1.77. The predicted octanol–water partition coefficient (Wildman–Crippen LogP) is 2.65. The van der Waals surface area contributed by atoms with Gasteiger partial charge in [-0.3, -0.25) is 0 Å². The molecule has 0 bridgehead atoms. The van der Waals surface area contributed by atoms with Gasteiger partial charge in [-0.05, 0) is 57.3 Å². The van der Waals surface area contributed by atoms with Crippen molar-refractivity contribution >= 4 is 0 Å². The van der Waals surface area contributed by atoms with E-state index in [0.717, 1.165) is 29.2 Å². The molecule has 0 spiro atoms. The number of ether oxygens (including phenoxy) is 1. The first-order chi connectivity index (χ1) is 9.19. The summed E-state index contributed by atoms with van der Waals surface area (Å²) in [6.07, 6.45) is 0.187. The smallest absolute Gasteiger partial charge is 0.119 e. The van der Waals surface area contributed by atoms with Gasteiger partial charge in [0.15, 0.2) is 0 Å². The first-order valence-electron chi connectivity index (χ1n) is 6.43. The molecule has 0 amide bonds. The summed E-state index contributed by atoms with van der Waals surface area (Å²) in [5.74, 6) is 0.874. The van der Waals surface area contributed by atoms with Gasteiger partial charge in [-0.1, -0.05) is 0 Å². The summed E-state index contributed by atoms with van der Waals surface area (Å²) in [5.41, 5.74) is 2.85. The van der Waals surface area contributed by atoms with Crippen LogP contribution in [0, 0.1) is 0 Å². The highest BCUT2D eigenvalue weighted by molar-refractivity contribution is 5.59. The summed E-state index contributed by atoms with van der Waals surface area (Å²) in [4.78, 5) is 0. The first-order valence-corrected chi connectivity index (χ1v) is 6.43. The lowest BCUT2D eigenvalue weighted by molar-refractivity contribution is 0.242. The lowest BCUT2D eigenvalue weighted by atomic mass is 10.1. The van der Waals surface area contributed by atoms with E-state index in [-0.39, 0.29) is 6.10 Å². The Morgan fingerprint density at radius 2 is 1.79 bits per heavy atom. The molecule has 4 nitrogen and oxygen atoms in total. The van der Waals surface area contributed by atoms with E-state index in [4.69, 9.17) is 4.74 Å². The van der Waals surface area contributed by atoms with Gasteiger partial charge in [0.25, 0.3) is 0 Å². The number of benzene rings is 1. The predicted molar refractivity (Wildman–Crippen MR) is 76.0 cm³/mol. The molecule has 1 aromatic heterocycles. The lowest BCUT2D eigenvalue weighted by Gasteiger charge is -2.09. The van der Waals surface area contributed by atoms with Crippen molar-refractivity contribution in [3.8, 4) is 17.0 Å². The Morgan fingerprint density at radius 1 is 1.05 bits per heavy atom. The number of hydrogen-bond donors (Lipinski definition) is 1. The number of nitrogens with one attached hydrogen (secondary N) is 1. The molecule has 0 fully saturated rings. The molecule has 2 aromatic rings. The molecule has 100 valence electrons. The third-order valence-electron chi connectivity index (χ3n) is 2.60. The quantitative estimate of drug-likeness (QED) is 0.894. The maximum atomic E-state index is 5.61. The standard InChI is InChI=1S/C15H19N3O/c1-11(2)19-14-7-4-12(5-8-14)15-9-6-13(10-16-3)17-18-15/h4-9,11,16H,10H2,1-3H3. The highest BCUT2D eigenvalue weighted by atomic mass is 16.5. The number of hydrogen-bond acceptors (Lipinski definition) is 4. The fraction of sp³-hybridized carbons (Fsp3) is 0.333. The van der Waals surface area contributed by atoms with Crippen molar-refractivity contribution in [2.75, 3.05) is 7.05 Å². The Kier molecular flexibility index (Phi) is 4.47. The van der Waals surface area contributed by atoms with Crippen LogP contribution < -0.4 is 10.1 Å². The Balaban J connectivity index is 2.13. The summed E-state index contributed by atoms with van der Waals surface area (Å²) in [7, 11) is 1.89. The largest absolute Gasteiger partial charge is 0.491 e. The van der Waals surface area contributed by atoms with E-state index in [0.29, 0.717) is 0 Å². The van der Waals surface area contributed by atoms with Crippen molar-refractivity contribution in [3.63, 3.8) is 0 Å². The van der Waals surface area contributed by atoms with Gasteiger partial charge in [0.1, 0.15) is 5.75 Å². The van der Waals surface area contributed by atoms with Crippen molar-refractivity contribution in [3.05, 3.63) is 42.1 Å². The second-order valence-electron chi connectivity index (χ2n) is 4.63. The van der Waals surface area contributed by atoms with Crippen LogP contribution in [0.3, 0.4) is 0 Å². The topological polar surface area (TPSA) is 47.0 Å². The number of nitrogens with zero attached hydrogens (tertiary/aromatic N) is 2. The lowest BCUT2D eigenvalue weighted by Crippen LogP contribution is -2.07. The average Bonchev–Trinajstić information content (AvgIpc) is 2.40. The molecular weight excluding hydrogens is 238 g/mol. The van der Waals surface area contributed by atoms with Crippen LogP contribution in [-0.4, -0.2) is 23.3 Å². The Morgan fingerprint density at radius 3 is 2.32 bits per heavy atom. The SMILES string of the molecule is CNCc1ccc(-c2ccc(OC(C)C)cc2)nn1. The van der Waals surface area contributed by atoms with Crippen molar-refractivity contribution in [2.45, 2.75) is 26.5 Å². The maximum Gasteiger partial charge on any atom is 0.119 e. The molecule has 0 aliphatic carbocycles. The zero-order valence-electron chi connectivity index (χ0n) is 11.6. The van der Waals surface area contributed by atoms with Crippen LogP contribution in [0.2, 0.25) is 0 Å². The summed E-state index contributed by atoms with van der Waals surface area (Å²) < 4.78 is 5.61. The molecule has 0 radical (unpaired) electrons. The van der Waals surface area contributed by atoms with E-state index in [1.165, 1.54) is 0 Å². The van der Waals surface area contributed by atoms with Gasteiger partial charge < -0.3 is 10.1 Å². The van der Waals surface area contributed by atoms with Crippen molar-refractivity contribution in [2.24, 2.45) is 0 Å². The summed E-state index contributed by atoms with van der Waals surface area (Å²) in [6, 6.07) is 11.9. The molecule has 0 aliphatic heterocycles. The molecule has 1 heterocycles. The van der Waals surface area contributed by atoms with Crippen LogP contribution in [-0.2, 0) is 6.54 Å². The average molecular weight is 257 g/mol. The minimum Gasteiger partial charge on any atom is -0.491 e. The van der Waals surface area contributed by atoms with E-state index in [9.17, 15) is 0 Å². The third-order valence-corrected chi connectivity index (χ3v) is 2.60. The van der Waals surface area contributed by atoms with Crippen LogP contribution >= 0.6 is 0 Å². The molecule has 19 heavy (non-hydrogen) atoms. The van der Waals surface area contributed by atoms with Crippen LogP contribution in [0.15, 0.2) is 36.4 Å². The molecule has 0 atom stereocenters. The maximum absolute atomic E-state index is 5.61. The Hall–Kier alpha value is -1.94. The zero-order chi connectivity index (χ0) is 13.7. The number of rotatable bonds is 5. The van der Waals surface area contributed by atoms with Gasteiger partial charge >= 0.3 is 0 Å². The zero-order valence-corrected chi connectivity index (χ0v) is 11.6. The minimum absolute atomic E-state index is 0.187. The minimum atomic E-state index is 0.187. The molecule has 0 unspecified atom stereocenters. The van der Waals surface area contributed by atoms with Crippen molar-refractivity contribution < 1.29 is 4.74 Å². The normalized spacial score (nSPS) is 10.7. The second kappa shape index (κ2) is 6.29. The molecule has 0 aliphatic rings. The van der Waals surface area contributed by atoms with E-state index in [2.05, 4.69) is 15.5 Å². The summed E-state index contributed by atoms with van der Waals surface area (Å²) >= 11 is 0. The van der Waals surface area contributed by atoms with Crippen molar-refractivity contribution in [1.29, 1.82) is 0 Å². The Bertz CT molecular complexity index is 506. The second-order valence-corrected chi connectivity index (χ2v) is 4.63. The molecular formula is C15H19N3O. The van der Waals surface area contributed by atoms with E-state index >= 15 is 0 Å². The number of aromatic nitrogens is 2. The van der Waals surface area contributed by atoms with Gasteiger partial charge in [0.2, 0.25) is 0 Å². The van der Waals surface area contributed by atoms with Crippen LogP contribution in [0.1, 0.15) is 19.5 Å². The van der Waals surface area contributed by atoms with Gasteiger partial charge in [0.05, 0.1) is 17.5 Å². The van der Waals surface area contributed by atoms with Gasteiger partial charge in [-0.15, -0.1) is 0 Å². The van der Waals surface area contributed by atoms with E-state index in [1.807, 2.05) is 57.3 Å². The molecule has 1 N–H and O–H groups in total. The third kappa shape index (κ3) is 3.76. The van der Waals surface area contributed by atoms with Gasteiger partial charge in [-0.2, -0.15) is 10.2 Å². The van der Waals surface area contributed by atoms with Crippen LogP contribution in [0.4, 0.5) is 0 Å². The summed E-state index contributed by atoms with van der Waals surface area (Å²) in [6.45, 7) is 4.76. The Labute approximate surface area is 113 Å². The molecule has 4 heteroatoms. The fourth-order valence-corrected chi connectivity index (χ4v) is 1.77. The van der Waals surface area contributed by atoms with Crippen LogP contribution in [0.25, 0.3) is 11.3 Å². The first kappa shape index (κ1) is 13.5. The molecule has 0 saturated heterocycles. The molecule has 2 rings (SSSR count). The van der Waals surface area contributed by atoms with Crippen molar-refractivity contribution in [1.82, 2.24) is 15.5 Å².